The van der Waals surface area contributed by atoms with Gasteiger partial charge in [0.2, 0.25) is 0 Å². The molecule has 2 heteroatoms. The van der Waals surface area contributed by atoms with Crippen molar-refractivity contribution >= 4 is 11.6 Å². The summed E-state index contributed by atoms with van der Waals surface area (Å²) < 4.78 is 0. The van der Waals surface area contributed by atoms with E-state index < -0.39 is 0 Å². The molecule has 1 nitrogen and oxygen atoms in total. The van der Waals surface area contributed by atoms with Crippen LogP contribution in [-0.4, -0.2) is 5.54 Å². The highest BCUT2D eigenvalue weighted by Crippen LogP contribution is 2.37. The van der Waals surface area contributed by atoms with E-state index >= 15 is 0 Å². The monoisotopic (exact) mass is 181 g/mol. The normalized spacial score (nSPS) is 33.1. The molecular formula is C10H12ClN. The van der Waals surface area contributed by atoms with E-state index in [1.165, 1.54) is 11.1 Å². The van der Waals surface area contributed by atoms with Gasteiger partial charge >= 0.3 is 0 Å². The van der Waals surface area contributed by atoms with E-state index in [1.807, 2.05) is 0 Å². The van der Waals surface area contributed by atoms with Crippen LogP contribution in [0, 0.1) is 0 Å². The van der Waals surface area contributed by atoms with Gasteiger partial charge in [-0.1, -0.05) is 17.7 Å². The fourth-order valence-electron chi connectivity index (χ4n) is 1.80. The van der Waals surface area contributed by atoms with E-state index in [4.69, 9.17) is 11.6 Å². The average molecular weight is 182 g/mol. The first-order chi connectivity index (χ1) is 5.62. The first-order valence-corrected chi connectivity index (χ1v) is 4.52. The quantitative estimate of drug-likeness (QED) is 0.606. The van der Waals surface area contributed by atoms with Gasteiger partial charge in [0.05, 0.1) is 5.54 Å². The van der Waals surface area contributed by atoms with Crippen LogP contribution in [0.25, 0.3) is 0 Å². The summed E-state index contributed by atoms with van der Waals surface area (Å²) in [6.07, 6.45) is 7.15. The summed E-state index contributed by atoms with van der Waals surface area (Å²) in [7, 11) is 0. The van der Waals surface area contributed by atoms with E-state index in [1.54, 1.807) is 0 Å². The van der Waals surface area contributed by atoms with Crippen molar-refractivity contribution in [3.05, 3.63) is 34.5 Å². The van der Waals surface area contributed by atoms with Gasteiger partial charge < -0.3 is 5.32 Å². The zero-order valence-corrected chi connectivity index (χ0v) is 8.07. The molecule has 2 rings (SSSR count). The molecule has 0 aromatic carbocycles. The molecule has 0 bridgehead atoms. The molecule has 0 amide bonds. The Kier molecular flexibility index (Phi) is 1.58. The SMILES string of the molecule is CC1=CNC2(C)CC=C(Cl)C=C12. The molecule has 0 fully saturated rings. The minimum Gasteiger partial charge on any atom is -0.381 e. The van der Waals surface area contributed by atoms with E-state index in [0.717, 1.165) is 11.5 Å². The summed E-state index contributed by atoms with van der Waals surface area (Å²) in [5, 5.41) is 4.23. The molecule has 0 spiro atoms. The third-order valence-electron chi connectivity index (χ3n) is 2.61. The molecule has 1 unspecified atom stereocenters. The number of rotatable bonds is 0. The van der Waals surface area contributed by atoms with Crippen LogP contribution in [0.1, 0.15) is 20.3 Å². The molecule has 1 atom stereocenters. The molecule has 0 aromatic rings. The fourth-order valence-corrected chi connectivity index (χ4v) is 1.98. The zero-order chi connectivity index (χ0) is 8.77. The molecule has 1 aliphatic heterocycles. The summed E-state index contributed by atoms with van der Waals surface area (Å²) in [6, 6.07) is 0. The Morgan fingerprint density at radius 3 is 3.08 bits per heavy atom. The Hall–Kier alpha value is -0.690. The second-order valence-corrected chi connectivity index (χ2v) is 4.09. The maximum Gasteiger partial charge on any atom is 0.0630 e. The first-order valence-electron chi connectivity index (χ1n) is 4.14. The maximum absolute atomic E-state index is 5.94. The summed E-state index contributed by atoms with van der Waals surface area (Å²) >= 11 is 5.94. The lowest BCUT2D eigenvalue weighted by molar-refractivity contribution is 0.500. The molecule has 2 aliphatic rings. The van der Waals surface area contributed by atoms with Gasteiger partial charge in [-0.2, -0.15) is 0 Å². The minimum absolute atomic E-state index is 0.0997. The Bertz CT molecular complexity index is 312. The smallest absolute Gasteiger partial charge is 0.0630 e. The first kappa shape index (κ1) is 7.93. The van der Waals surface area contributed by atoms with E-state index in [2.05, 4.69) is 37.5 Å². The Morgan fingerprint density at radius 1 is 1.58 bits per heavy atom. The number of allylic oxidation sites excluding steroid dienone is 2. The van der Waals surface area contributed by atoms with Crippen molar-refractivity contribution in [1.82, 2.24) is 5.32 Å². The van der Waals surface area contributed by atoms with Crippen LogP contribution < -0.4 is 5.32 Å². The van der Waals surface area contributed by atoms with Crippen LogP contribution >= 0.6 is 11.6 Å². The van der Waals surface area contributed by atoms with Gasteiger partial charge in [-0.25, -0.2) is 0 Å². The number of fused-ring (bicyclic) bond motifs is 1. The van der Waals surface area contributed by atoms with Gasteiger partial charge in [0.25, 0.3) is 0 Å². The minimum atomic E-state index is 0.0997. The van der Waals surface area contributed by atoms with Crippen LogP contribution in [0.3, 0.4) is 0 Å². The highest BCUT2D eigenvalue weighted by molar-refractivity contribution is 6.31. The lowest BCUT2D eigenvalue weighted by Crippen LogP contribution is -2.37. The molecule has 1 heterocycles. The summed E-state index contributed by atoms with van der Waals surface area (Å²) in [6.45, 7) is 4.31. The highest BCUT2D eigenvalue weighted by atomic mass is 35.5. The van der Waals surface area contributed by atoms with Gasteiger partial charge in [-0.15, -0.1) is 0 Å². The standard InChI is InChI=1S/C10H12ClN/c1-7-6-12-10(2)4-3-8(11)5-9(7)10/h3,5-6,12H,4H2,1-2H3. The van der Waals surface area contributed by atoms with E-state index in [-0.39, 0.29) is 5.54 Å². The topological polar surface area (TPSA) is 12.0 Å². The number of hydrogen-bond acceptors (Lipinski definition) is 1. The molecular weight excluding hydrogens is 170 g/mol. The van der Waals surface area contributed by atoms with Crippen molar-refractivity contribution in [3.63, 3.8) is 0 Å². The van der Waals surface area contributed by atoms with Gasteiger partial charge in [0.15, 0.2) is 0 Å². The van der Waals surface area contributed by atoms with Crippen molar-refractivity contribution in [2.45, 2.75) is 25.8 Å². The van der Waals surface area contributed by atoms with Gasteiger partial charge in [0.1, 0.15) is 0 Å². The van der Waals surface area contributed by atoms with Gasteiger partial charge in [0, 0.05) is 11.2 Å². The van der Waals surface area contributed by atoms with Crippen molar-refractivity contribution in [3.8, 4) is 0 Å². The largest absolute Gasteiger partial charge is 0.381 e. The Balaban J connectivity index is 2.44. The van der Waals surface area contributed by atoms with Crippen LogP contribution in [0.15, 0.2) is 34.5 Å². The fraction of sp³-hybridized carbons (Fsp3) is 0.400. The van der Waals surface area contributed by atoms with Gasteiger partial charge in [-0.05, 0) is 37.5 Å². The van der Waals surface area contributed by atoms with Crippen LogP contribution in [0.4, 0.5) is 0 Å². The highest BCUT2D eigenvalue weighted by Gasteiger charge is 2.34. The van der Waals surface area contributed by atoms with E-state index in [9.17, 15) is 0 Å². The van der Waals surface area contributed by atoms with Gasteiger partial charge in [-0.3, -0.25) is 0 Å². The number of halogens is 1. The van der Waals surface area contributed by atoms with Crippen molar-refractivity contribution in [2.24, 2.45) is 0 Å². The molecule has 64 valence electrons. The predicted octanol–water partition coefficient (Wildman–Crippen LogP) is 2.70. The molecule has 1 aliphatic carbocycles. The lowest BCUT2D eigenvalue weighted by Gasteiger charge is -2.29. The number of nitrogens with one attached hydrogen (secondary N) is 1. The third kappa shape index (κ3) is 1.00. The van der Waals surface area contributed by atoms with Crippen molar-refractivity contribution in [2.75, 3.05) is 0 Å². The zero-order valence-electron chi connectivity index (χ0n) is 7.32. The second kappa shape index (κ2) is 2.40. The Morgan fingerprint density at radius 2 is 2.33 bits per heavy atom. The molecule has 1 N–H and O–H groups in total. The summed E-state index contributed by atoms with van der Waals surface area (Å²) in [5.41, 5.74) is 2.72. The maximum atomic E-state index is 5.94. The third-order valence-corrected chi connectivity index (χ3v) is 2.88. The van der Waals surface area contributed by atoms with Crippen molar-refractivity contribution < 1.29 is 0 Å². The lowest BCUT2D eigenvalue weighted by atomic mass is 9.84. The second-order valence-electron chi connectivity index (χ2n) is 3.65. The summed E-state index contributed by atoms with van der Waals surface area (Å²) in [4.78, 5) is 0. The van der Waals surface area contributed by atoms with Crippen LogP contribution in [-0.2, 0) is 0 Å². The predicted molar refractivity (Wildman–Crippen MR) is 51.9 cm³/mol. The Labute approximate surface area is 77.8 Å². The molecule has 0 saturated carbocycles. The summed E-state index contributed by atoms with van der Waals surface area (Å²) in [5.74, 6) is 0. The molecule has 12 heavy (non-hydrogen) atoms. The molecule has 0 radical (unpaired) electrons. The van der Waals surface area contributed by atoms with Crippen LogP contribution in [0.2, 0.25) is 0 Å². The molecule has 0 aromatic heterocycles. The van der Waals surface area contributed by atoms with Crippen molar-refractivity contribution in [1.29, 1.82) is 0 Å². The average Bonchev–Trinajstić information content (AvgIpc) is 2.31. The molecule has 0 saturated heterocycles. The van der Waals surface area contributed by atoms with Crippen LogP contribution in [0.5, 0.6) is 0 Å². The number of hydrogen-bond donors (Lipinski definition) is 1. The van der Waals surface area contributed by atoms with E-state index in [0.29, 0.717) is 0 Å².